The highest BCUT2D eigenvalue weighted by atomic mass is 32.2. The van der Waals surface area contributed by atoms with Gasteiger partial charge in [0.25, 0.3) is 0 Å². The Morgan fingerprint density at radius 1 is 1.67 bits per heavy atom. The lowest BCUT2D eigenvalue weighted by Gasteiger charge is -2.03. The van der Waals surface area contributed by atoms with Crippen molar-refractivity contribution in [1.29, 1.82) is 0 Å². The number of methoxy groups -OCH3 is 1. The molecule has 9 heteroatoms. The second-order valence-electron chi connectivity index (χ2n) is 3.15. The molecule has 1 heterocycles. The summed E-state index contributed by atoms with van der Waals surface area (Å²) in [4.78, 5) is 14.7. The van der Waals surface area contributed by atoms with Gasteiger partial charge in [0.2, 0.25) is 10.0 Å². The van der Waals surface area contributed by atoms with E-state index in [1.165, 1.54) is 19.4 Å². The van der Waals surface area contributed by atoms with E-state index in [-0.39, 0.29) is 17.5 Å². The van der Waals surface area contributed by atoms with Crippen molar-refractivity contribution in [2.24, 2.45) is 0 Å². The Balaban J connectivity index is 2.67. The molecule has 0 atom stereocenters. The van der Waals surface area contributed by atoms with E-state index in [2.05, 4.69) is 14.4 Å². The minimum absolute atomic E-state index is 0.0898. The number of carbonyl (C=O) groups is 1. The summed E-state index contributed by atoms with van der Waals surface area (Å²) < 4.78 is 29.9. The number of anilines is 1. The molecule has 0 aromatic carbocycles. The second-order valence-corrected chi connectivity index (χ2v) is 6.06. The number of nitrogens with one attached hydrogen (secondary N) is 1. The summed E-state index contributed by atoms with van der Waals surface area (Å²) in [5.74, 6) is -1.24. The number of nitrogens with zero attached hydrogens (tertiary/aromatic N) is 1. The standard InChI is InChI=1S/C9H12N2O5S2/c1-16-4-5-18(14,15)11-9-10-6-7(17-9)2-3-8(12)13/h2-3,6H,4-5H2,1H3,(H,10,11)(H,12,13)/b3-2+. The zero-order valence-electron chi connectivity index (χ0n) is 9.49. The van der Waals surface area contributed by atoms with E-state index in [1.807, 2.05) is 0 Å². The van der Waals surface area contributed by atoms with Crippen LogP contribution in [0.2, 0.25) is 0 Å². The molecule has 0 saturated heterocycles. The highest BCUT2D eigenvalue weighted by Crippen LogP contribution is 2.20. The van der Waals surface area contributed by atoms with Crippen molar-refractivity contribution >= 4 is 38.5 Å². The Bertz CT molecular complexity index is 535. The SMILES string of the molecule is COCCS(=O)(=O)Nc1ncc(/C=C/C(=O)O)s1. The molecule has 0 radical (unpaired) electrons. The van der Waals surface area contributed by atoms with Crippen LogP contribution in [0, 0.1) is 0 Å². The maximum Gasteiger partial charge on any atom is 0.328 e. The highest BCUT2D eigenvalue weighted by Gasteiger charge is 2.12. The van der Waals surface area contributed by atoms with Gasteiger partial charge in [-0.15, -0.1) is 0 Å². The average molecular weight is 292 g/mol. The number of rotatable bonds is 7. The van der Waals surface area contributed by atoms with Gasteiger partial charge in [0.05, 0.1) is 12.4 Å². The molecule has 1 rings (SSSR count). The van der Waals surface area contributed by atoms with Gasteiger partial charge in [-0.1, -0.05) is 11.3 Å². The van der Waals surface area contributed by atoms with Crippen LogP contribution in [0.15, 0.2) is 12.3 Å². The van der Waals surface area contributed by atoms with Gasteiger partial charge < -0.3 is 9.84 Å². The Morgan fingerprint density at radius 3 is 3.00 bits per heavy atom. The Hall–Kier alpha value is -1.45. The molecule has 0 aliphatic rings. The first-order valence-electron chi connectivity index (χ1n) is 4.79. The van der Waals surface area contributed by atoms with Crippen molar-refractivity contribution < 1.29 is 23.1 Å². The van der Waals surface area contributed by atoms with E-state index in [0.717, 1.165) is 17.4 Å². The number of sulfonamides is 1. The van der Waals surface area contributed by atoms with Gasteiger partial charge in [0.15, 0.2) is 5.13 Å². The van der Waals surface area contributed by atoms with E-state index in [9.17, 15) is 13.2 Å². The Morgan fingerprint density at radius 2 is 2.39 bits per heavy atom. The first kappa shape index (κ1) is 14.6. The smallest absolute Gasteiger partial charge is 0.328 e. The van der Waals surface area contributed by atoms with E-state index >= 15 is 0 Å². The van der Waals surface area contributed by atoms with Crippen LogP contribution in [-0.2, 0) is 19.6 Å². The summed E-state index contributed by atoms with van der Waals surface area (Å²) in [6.07, 6.45) is 3.68. The van der Waals surface area contributed by atoms with Gasteiger partial charge in [-0.2, -0.15) is 0 Å². The maximum absolute atomic E-state index is 11.5. The summed E-state index contributed by atoms with van der Waals surface area (Å²) in [5.41, 5.74) is 0. The zero-order valence-corrected chi connectivity index (χ0v) is 11.1. The lowest BCUT2D eigenvalue weighted by atomic mass is 10.4. The highest BCUT2D eigenvalue weighted by molar-refractivity contribution is 7.92. The topological polar surface area (TPSA) is 106 Å². The minimum Gasteiger partial charge on any atom is -0.478 e. The number of aliphatic carboxylic acids is 1. The monoisotopic (exact) mass is 292 g/mol. The predicted octanol–water partition coefficient (Wildman–Crippen LogP) is 0.629. The molecule has 0 amide bonds. The lowest BCUT2D eigenvalue weighted by Crippen LogP contribution is -2.19. The van der Waals surface area contributed by atoms with Crippen LogP contribution in [0.1, 0.15) is 4.88 Å². The Kier molecular flexibility index (Phi) is 5.25. The van der Waals surface area contributed by atoms with E-state index in [4.69, 9.17) is 5.11 Å². The number of carboxylic acids is 1. The van der Waals surface area contributed by atoms with Crippen molar-refractivity contribution in [1.82, 2.24) is 4.98 Å². The first-order valence-corrected chi connectivity index (χ1v) is 7.26. The molecule has 1 aromatic rings. The van der Waals surface area contributed by atoms with Crippen LogP contribution in [-0.4, -0.2) is 43.9 Å². The molecule has 7 nitrogen and oxygen atoms in total. The van der Waals surface area contributed by atoms with Crippen molar-refractivity contribution in [3.05, 3.63) is 17.2 Å². The number of thiazole rings is 1. The molecule has 0 aliphatic carbocycles. The zero-order chi connectivity index (χ0) is 13.6. The molecule has 0 spiro atoms. The number of aromatic nitrogens is 1. The third-order valence-electron chi connectivity index (χ3n) is 1.71. The summed E-state index contributed by atoms with van der Waals surface area (Å²) in [6.45, 7) is 0.0898. The third-order valence-corrected chi connectivity index (χ3v) is 3.93. The second kappa shape index (κ2) is 6.47. The van der Waals surface area contributed by atoms with Gasteiger partial charge in [-0.25, -0.2) is 18.2 Å². The van der Waals surface area contributed by atoms with Gasteiger partial charge in [0.1, 0.15) is 0 Å². The van der Waals surface area contributed by atoms with E-state index in [0.29, 0.717) is 4.88 Å². The van der Waals surface area contributed by atoms with Gasteiger partial charge in [-0.3, -0.25) is 4.72 Å². The molecule has 2 N–H and O–H groups in total. The summed E-state index contributed by atoms with van der Waals surface area (Å²) in [5, 5.41) is 8.63. The van der Waals surface area contributed by atoms with Crippen molar-refractivity contribution in [3.63, 3.8) is 0 Å². The van der Waals surface area contributed by atoms with Crippen molar-refractivity contribution in [2.75, 3.05) is 24.2 Å². The van der Waals surface area contributed by atoms with Crippen LogP contribution < -0.4 is 4.72 Å². The molecular weight excluding hydrogens is 280 g/mol. The van der Waals surface area contributed by atoms with Crippen LogP contribution >= 0.6 is 11.3 Å². The summed E-state index contributed by atoms with van der Waals surface area (Å²) >= 11 is 1.04. The predicted molar refractivity (Wildman–Crippen MR) is 68.1 cm³/mol. The molecule has 18 heavy (non-hydrogen) atoms. The van der Waals surface area contributed by atoms with Crippen molar-refractivity contribution in [3.8, 4) is 0 Å². The van der Waals surface area contributed by atoms with Crippen LogP contribution in [0.25, 0.3) is 6.08 Å². The van der Waals surface area contributed by atoms with Gasteiger partial charge >= 0.3 is 5.97 Å². The fraction of sp³-hybridized carbons (Fsp3) is 0.333. The van der Waals surface area contributed by atoms with E-state index < -0.39 is 16.0 Å². The largest absolute Gasteiger partial charge is 0.478 e. The number of hydrogen-bond donors (Lipinski definition) is 2. The third kappa shape index (κ3) is 5.25. The molecule has 100 valence electrons. The van der Waals surface area contributed by atoms with Crippen LogP contribution in [0.5, 0.6) is 0 Å². The lowest BCUT2D eigenvalue weighted by molar-refractivity contribution is -0.131. The van der Waals surface area contributed by atoms with Crippen LogP contribution in [0.4, 0.5) is 5.13 Å². The molecule has 0 unspecified atom stereocenters. The van der Waals surface area contributed by atoms with Gasteiger partial charge in [-0.05, 0) is 6.08 Å². The van der Waals surface area contributed by atoms with Crippen LogP contribution in [0.3, 0.4) is 0 Å². The normalized spacial score (nSPS) is 11.8. The number of ether oxygens (including phenoxy) is 1. The van der Waals surface area contributed by atoms with Crippen molar-refractivity contribution in [2.45, 2.75) is 0 Å². The maximum atomic E-state index is 11.5. The van der Waals surface area contributed by atoms with E-state index in [1.54, 1.807) is 0 Å². The molecule has 0 fully saturated rings. The average Bonchev–Trinajstić information content (AvgIpc) is 2.70. The fourth-order valence-electron chi connectivity index (χ4n) is 0.941. The molecule has 0 aliphatic heterocycles. The van der Waals surface area contributed by atoms with Gasteiger partial charge in [0, 0.05) is 24.3 Å². The molecule has 0 bridgehead atoms. The first-order chi connectivity index (χ1) is 8.43. The number of carboxylic acid groups (broad SMARTS) is 1. The molecular formula is C9H12N2O5S2. The summed E-state index contributed by atoms with van der Waals surface area (Å²) in [7, 11) is -2.07. The summed E-state index contributed by atoms with van der Waals surface area (Å²) in [6, 6.07) is 0. The minimum atomic E-state index is -3.48. The quantitative estimate of drug-likeness (QED) is 0.714. The molecule has 1 aromatic heterocycles. The Labute approximate surface area is 108 Å². The fourth-order valence-corrected chi connectivity index (χ4v) is 2.87. The molecule has 0 saturated carbocycles. The number of hydrogen-bond acceptors (Lipinski definition) is 6.